The molecule has 1 spiro atoms. The van der Waals surface area contributed by atoms with Crippen molar-refractivity contribution in [3.05, 3.63) is 29.8 Å². The fraction of sp³-hybridized carbons (Fsp3) is 0.529. The molecule has 1 fully saturated rings. The summed E-state index contributed by atoms with van der Waals surface area (Å²) in [4.78, 5) is 25.3. The molecule has 1 aliphatic heterocycles. The Hall–Kier alpha value is -2.04. The summed E-state index contributed by atoms with van der Waals surface area (Å²) in [5.41, 5.74) is 0.941. The Morgan fingerprint density at radius 3 is 2.82 bits per heavy atom. The van der Waals surface area contributed by atoms with Crippen molar-refractivity contribution in [3.8, 4) is 5.75 Å². The Morgan fingerprint density at radius 2 is 2.14 bits per heavy atom. The zero-order valence-corrected chi connectivity index (χ0v) is 12.9. The lowest BCUT2D eigenvalue weighted by Crippen LogP contribution is -2.43. The smallest absolute Gasteiger partial charge is 0.323 e. The summed E-state index contributed by atoms with van der Waals surface area (Å²) < 4.78 is 5.68. The molecule has 1 aromatic carbocycles. The van der Waals surface area contributed by atoms with Crippen molar-refractivity contribution < 1.29 is 19.4 Å². The maximum absolute atomic E-state index is 12.8. The molecule has 0 saturated heterocycles. The number of benzene rings is 1. The summed E-state index contributed by atoms with van der Waals surface area (Å²) in [6.45, 7) is 4.09. The zero-order valence-electron chi connectivity index (χ0n) is 12.9. The number of ether oxygens (including phenoxy) is 1. The van der Waals surface area contributed by atoms with E-state index in [1.807, 2.05) is 38.1 Å². The molecule has 1 heterocycles. The first kappa shape index (κ1) is 14.9. The van der Waals surface area contributed by atoms with Crippen LogP contribution in [0.1, 0.15) is 32.3 Å². The molecule has 0 radical (unpaired) electrons. The first-order chi connectivity index (χ1) is 10.5. The second-order valence-electron chi connectivity index (χ2n) is 6.46. The van der Waals surface area contributed by atoms with Crippen LogP contribution in [-0.4, -0.2) is 41.1 Å². The molecule has 118 valence electrons. The number of carboxylic acids is 1. The second-order valence-corrected chi connectivity index (χ2v) is 6.46. The maximum Gasteiger partial charge on any atom is 0.323 e. The van der Waals surface area contributed by atoms with Gasteiger partial charge >= 0.3 is 5.97 Å². The van der Waals surface area contributed by atoms with Gasteiger partial charge in [-0.15, -0.1) is 0 Å². The van der Waals surface area contributed by atoms with Gasteiger partial charge in [0.25, 0.3) is 0 Å². The number of carbonyl (C=O) groups excluding carboxylic acids is 1. The van der Waals surface area contributed by atoms with Crippen molar-refractivity contribution in [1.82, 2.24) is 4.90 Å². The van der Waals surface area contributed by atoms with E-state index in [0.717, 1.165) is 24.2 Å². The second kappa shape index (κ2) is 5.30. The van der Waals surface area contributed by atoms with Crippen molar-refractivity contribution in [3.63, 3.8) is 0 Å². The lowest BCUT2D eigenvalue weighted by Gasteiger charge is -2.29. The molecule has 5 heteroatoms. The van der Waals surface area contributed by atoms with Crippen molar-refractivity contribution >= 4 is 11.9 Å². The molecule has 2 aliphatic rings. The minimum Gasteiger partial charge on any atom is -0.493 e. The van der Waals surface area contributed by atoms with Gasteiger partial charge in [-0.3, -0.25) is 9.59 Å². The SMILES string of the molecule is CC(C)N(CC(=O)O)C(=O)C1CC12CCOc1ccccc12. The normalized spacial score (nSPS) is 25.5. The number of fused-ring (bicyclic) bond motifs is 2. The van der Waals surface area contributed by atoms with Crippen LogP contribution in [-0.2, 0) is 15.0 Å². The Bertz CT molecular complexity index is 612. The lowest BCUT2D eigenvalue weighted by molar-refractivity contribution is -0.146. The van der Waals surface area contributed by atoms with E-state index in [-0.39, 0.29) is 29.8 Å². The highest BCUT2D eigenvalue weighted by molar-refractivity contribution is 5.88. The Kier molecular flexibility index (Phi) is 3.59. The minimum absolute atomic E-state index is 0.0471. The van der Waals surface area contributed by atoms with E-state index in [1.54, 1.807) is 0 Å². The van der Waals surface area contributed by atoms with Crippen LogP contribution in [0.15, 0.2) is 24.3 Å². The molecule has 1 aromatic rings. The van der Waals surface area contributed by atoms with Crippen LogP contribution < -0.4 is 4.74 Å². The molecule has 0 bridgehead atoms. The van der Waals surface area contributed by atoms with Gasteiger partial charge in [-0.1, -0.05) is 18.2 Å². The van der Waals surface area contributed by atoms with Gasteiger partial charge in [0.05, 0.1) is 6.61 Å². The average molecular weight is 303 g/mol. The van der Waals surface area contributed by atoms with Gasteiger partial charge in [-0.25, -0.2) is 0 Å². The molecule has 1 saturated carbocycles. The molecule has 1 aliphatic carbocycles. The van der Waals surface area contributed by atoms with Gasteiger partial charge in [0.1, 0.15) is 12.3 Å². The van der Waals surface area contributed by atoms with Gasteiger partial charge in [-0.05, 0) is 32.8 Å². The van der Waals surface area contributed by atoms with Gasteiger partial charge in [0, 0.05) is 22.9 Å². The van der Waals surface area contributed by atoms with E-state index in [9.17, 15) is 9.59 Å². The van der Waals surface area contributed by atoms with E-state index in [1.165, 1.54) is 4.90 Å². The Morgan fingerprint density at radius 1 is 1.41 bits per heavy atom. The van der Waals surface area contributed by atoms with Crippen LogP contribution in [0.5, 0.6) is 5.75 Å². The maximum atomic E-state index is 12.8. The fourth-order valence-electron chi connectivity index (χ4n) is 3.55. The topological polar surface area (TPSA) is 66.8 Å². The minimum atomic E-state index is -0.968. The third-order valence-corrected chi connectivity index (χ3v) is 4.81. The molecule has 1 N–H and O–H groups in total. The summed E-state index contributed by atoms with van der Waals surface area (Å²) >= 11 is 0. The summed E-state index contributed by atoms with van der Waals surface area (Å²) in [6, 6.07) is 7.75. The lowest BCUT2D eigenvalue weighted by atomic mass is 9.87. The van der Waals surface area contributed by atoms with E-state index in [2.05, 4.69) is 0 Å². The van der Waals surface area contributed by atoms with E-state index < -0.39 is 5.97 Å². The van der Waals surface area contributed by atoms with Crippen LogP contribution in [0.25, 0.3) is 0 Å². The standard InChI is InChI=1S/C17H21NO4/c1-11(2)18(10-15(19)20)16(21)13-9-17(13)7-8-22-14-6-4-3-5-12(14)17/h3-6,11,13H,7-10H2,1-2H3,(H,19,20). The Labute approximate surface area is 129 Å². The summed E-state index contributed by atoms with van der Waals surface area (Å²) in [7, 11) is 0. The third-order valence-electron chi connectivity index (χ3n) is 4.81. The summed E-state index contributed by atoms with van der Waals surface area (Å²) in [5, 5.41) is 9.03. The molecule has 1 amide bonds. The first-order valence-corrected chi connectivity index (χ1v) is 7.70. The average Bonchev–Trinajstić information content (AvgIpc) is 3.19. The fourth-order valence-corrected chi connectivity index (χ4v) is 3.55. The van der Waals surface area contributed by atoms with Gasteiger partial charge in [-0.2, -0.15) is 0 Å². The van der Waals surface area contributed by atoms with Crippen LogP contribution >= 0.6 is 0 Å². The number of rotatable bonds is 4. The quantitative estimate of drug-likeness (QED) is 0.924. The summed E-state index contributed by atoms with van der Waals surface area (Å²) in [5.74, 6) is -0.282. The Balaban J connectivity index is 1.84. The number of hydrogen-bond donors (Lipinski definition) is 1. The van der Waals surface area contributed by atoms with Gasteiger partial charge in [0.2, 0.25) is 5.91 Å². The number of carbonyl (C=O) groups is 2. The number of aliphatic carboxylic acids is 1. The van der Waals surface area contributed by atoms with Crippen LogP contribution in [0, 0.1) is 5.92 Å². The van der Waals surface area contributed by atoms with Crippen LogP contribution in [0.4, 0.5) is 0 Å². The predicted octanol–water partition coefficient (Wildman–Crippen LogP) is 2.05. The van der Waals surface area contributed by atoms with E-state index >= 15 is 0 Å². The van der Waals surface area contributed by atoms with Crippen molar-refractivity contribution in [2.24, 2.45) is 5.92 Å². The largest absolute Gasteiger partial charge is 0.493 e. The molecule has 5 nitrogen and oxygen atoms in total. The third kappa shape index (κ3) is 2.34. The molecule has 0 aromatic heterocycles. The molecular weight excluding hydrogens is 282 g/mol. The van der Waals surface area contributed by atoms with Crippen molar-refractivity contribution in [1.29, 1.82) is 0 Å². The van der Waals surface area contributed by atoms with E-state index in [4.69, 9.17) is 9.84 Å². The summed E-state index contributed by atoms with van der Waals surface area (Å²) in [6.07, 6.45) is 1.61. The monoisotopic (exact) mass is 303 g/mol. The molecule has 2 unspecified atom stereocenters. The number of hydrogen-bond acceptors (Lipinski definition) is 3. The molecule has 3 rings (SSSR count). The van der Waals surface area contributed by atoms with E-state index in [0.29, 0.717) is 6.61 Å². The number of nitrogens with zero attached hydrogens (tertiary/aromatic N) is 1. The van der Waals surface area contributed by atoms with Crippen LogP contribution in [0.3, 0.4) is 0 Å². The number of para-hydroxylation sites is 1. The van der Waals surface area contributed by atoms with Gasteiger partial charge < -0.3 is 14.7 Å². The number of amides is 1. The van der Waals surface area contributed by atoms with Crippen LogP contribution in [0.2, 0.25) is 0 Å². The highest BCUT2D eigenvalue weighted by atomic mass is 16.5. The molecule has 2 atom stereocenters. The first-order valence-electron chi connectivity index (χ1n) is 7.70. The molecular formula is C17H21NO4. The van der Waals surface area contributed by atoms with Gasteiger partial charge in [0.15, 0.2) is 0 Å². The van der Waals surface area contributed by atoms with Crippen molar-refractivity contribution in [2.75, 3.05) is 13.2 Å². The highest BCUT2D eigenvalue weighted by Crippen LogP contribution is 2.61. The number of carboxylic acid groups (broad SMARTS) is 1. The molecule has 22 heavy (non-hydrogen) atoms. The van der Waals surface area contributed by atoms with Crippen molar-refractivity contribution in [2.45, 2.75) is 38.1 Å². The predicted molar refractivity (Wildman–Crippen MR) is 80.8 cm³/mol. The zero-order chi connectivity index (χ0) is 15.9. The highest BCUT2D eigenvalue weighted by Gasteiger charge is 2.61.